The molecule has 2 saturated heterocycles. The van der Waals surface area contributed by atoms with Gasteiger partial charge in [0.15, 0.2) is 28.1 Å². The third-order valence-corrected chi connectivity index (χ3v) is 12.8. The summed E-state index contributed by atoms with van der Waals surface area (Å²) in [6.45, 7) is 0.588. The fourth-order valence-electron chi connectivity index (χ4n) is 8.38. The van der Waals surface area contributed by atoms with Gasteiger partial charge in [0.1, 0.15) is 17.4 Å². The molecule has 4 amide bonds. The molecule has 4 unspecified atom stereocenters. The third-order valence-electron chi connectivity index (χ3n) is 12.0. The summed E-state index contributed by atoms with van der Waals surface area (Å²) in [7, 11) is 1.55. The predicted molar refractivity (Wildman–Crippen MR) is 224 cm³/mol. The Kier molecular flexibility index (Phi) is 12.3. The number of hydrogen-bond donors (Lipinski definition) is 2. The number of ether oxygens (including phenoxy) is 4. The lowest BCUT2D eigenvalue weighted by molar-refractivity contribution is -0.153. The Hall–Kier alpha value is -5.84. The Bertz CT molecular complexity index is 2340. The highest BCUT2D eigenvalue weighted by Gasteiger charge is 2.58. The number of carbonyl (C=O) groups excluding carboxylic acids is 4. The summed E-state index contributed by atoms with van der Waals surface area (Å²) in [5.74, 6) is -2.55. The molecular weight excluding hydrogens is 828 g/mol. The monoisotopic (exact) mass is 875 g/mol. The highest BCUT2D eigenvalue weighted by Crippen LogP contribution is 2.44. The van der Waals surface area contributed by atoms with Crippen molar-refractivity contribution < 1.29 is 51.3 Å². The van der Waals surface area contributed by atoms with Gasteiger partial charge in [0.05, 0.1) is 26.0 Å². The van der Waals surface area contributed by atoms with Crippen LogP contribution in [0, 0.1) is 11.7 Å². The fourth-order valence-corrected chi connectivity index (χ4v) is 9.17. The number of thiazole rings is 1. The van der Waals surface area contributed by atoms with Gasteiger partial charge in [-0.25, -0.2) is 9.37 Å². The average molecular weight is 876 g/mol. The van der Waals surface area contributed by atoms with Gasteiger partial charge in [0.2, 0.25) is 11.8 Å². The van der Waals surface area contributed by atoms with Crippen LogP contribution >= 0.6 is 11.3 Å². The molecule has 4 aromatic rings. The Morgan fingerprint density at radius 3 is 2.23 bits per heavy atom. The van der Waals surface area contributed by atoms with Gasteiger partial charge in [-0.15, -0.1) is 11.3 Å². The number of likely N-dealkylation sites (tertiary alicyclic amines) is 2. The molecule has 0 radical (unpaired) electrons. The maximum absolute atomic E-state index is 15.1. The molecule has 3 aromatic carbocycles. The lowest BCUT2D eigenvalue weighted by Gasteiger charge is -2.45. The van der Waals surface area contributed by atoms with Crippen molar-refractivity contribution in [3.05, 3.63) is 88.7 Å². The second kappa shape index (κ2) is 17.9. The lowest BCUT2D eigenvalue weighted by atomic mass is 9.86. The molecule has 2 N–H and O–H groups in total. The summed E-state index contributed by atoms with van der Waals surface area (Å²) in [4.78, 5) is 66.3. The predicted octanol–water partition coefficient (Wildman–Crippen LogP) is 7.69. The Morgan fingerprint density at radius 1 is 0.871 bits per heavy atom. The average Bonchev–Trinajstić information content (AvgIpc) is 4.15. The number of methoxy groups -OCH3 is 1. The number of carbonyl (C=O) groups is 4. The van der Waals surface area contributed by atoms with Crippen LogP contribution in [0.3, 0.4) is 0 Å². The van der Waals surface area contributed by atoms with E-state index in [4.69, 9.17) is 14.2 Å². The number of aromatic nitrogens is 1. The van der Waals surface area contributed by atoms with Crippen LogP contribution in [0.4, 0.5) is 24.0 Å². The maximum Gasteiger partial charge on any atom is 0.387 e. The molecule has 8 rings (SSSR count). The van der Waals surface area contributed by atoms with Crippen LogP contribution < -0.4 is 29.6 Å². The Labute approximate surface area is 360 Å². The van der Waals surface area contributed by atoms with Gasteiger partial charge in [-0.3, -0.25) is 19.2 Å². The van der Waals surface area contributed by atoms with E-state index >= 15 is 9.59 Å². The molecule has 2 aliphatic heterocycles. The summed E-state index contributed by atoms with van der Waals surface area (Å²) in [5.41, 5.74) is 0.0880. The first-order valence-electron chi connectivity index (χ1n) is 20.8. The first-order valence-corrected chi connectivity index (χ1v) is 21.7. The van der Waals surface area contributed by atoms with Crippen molar-refractivity contribution in [2.24, 2.45) is 5.92 Å². The number of nitrogens with zero attached hydrogens (tertiary/aromatic N) is 3. The smallest absolute Gasteiger partial charge is 0.387 e. The molecule has 17 heteroatoms. The number of hydrogen-bond acceptors (Lipinski definition) is 10. The van der Waals surface area contributed by atoms with E-state index in [0.717, 1.165) is 43.0 Å². The molecule has 2 saturated carbocycles. The number of halogens is 3. The molecule has 62 heavy (non-hydrogen) atoms. The van der Waals surface area contributed by atoms with Gasteiger partial charge < -0.3 is 39.4 Å². The summed E-state index contributed by atoms with van der Waals surface area (Å²) in [6, 6.07) is 13.4. The number of amides is 4. The fraction of sp³-hybridized carbons (Fsp3) is 0.444. The standard InChI is InChI=1S/C45H48F3N5O8S/c1-4-59-37-17-27(13-15-35(37)61-43(47)48)29-18-38(54)52(21-29)40(41(56)51-44-50-33(24-62-44)26-10-11-26)45(2,42(57)49-32-7-5-6-31(46)20-32)53-22-30(19-39(53)55)28-12-14-34(58-3)36(16-28)60-23-25-8-9-25/h5-7,12-17,20,24-26,29-30,40,43H,4,8-11,18-19,21-23H2,1-3H3,(H,49,57)(H,50,51,56). The lowest BCUT2D eigenvalue weighted by Crippen LogP contribution is -2.70. The van der Waals surface area contributed by atoms with Gasteiger partial charge in [0.25, 0.3) is 11.8 Å². The van der Waals surface area contributed by atoms with E-state index in [1.807, 2.05) is 17.5 Å². The van der Waals surface area contributed by atoms with Crippen LogP contribution in [0.1, 0.15) is 86.9 Å². The Morgan fingerprint density at radius 2 is 1.56 bits per heavy atom. The number of anilines is 2. The molecule has 0 spiro atoms. The molecular formula is C45H48F3N5O8S. The molecule has 0 bridgehead atoms. The summed E-state index contributed by atoms with van der Waals surface area (Å²) in [5, 5.41) is 7.74. The van der Waals surface area contributed by atoms with Crippen LogP contribution in [0.25, 0.3) is 0 Å². The van der Waals surface area contributed by atoms with Crippen molar-refractivity contribution in [1.29, 1.82) is 0 Å². The van der Waals surface area contributed by atoms with E-state index in [2.05, 4.69) is 20.4 Å². The topological polar surface area (TPSA) is 149 Å². The van der Waals surface area contributed by atoms with Gasteiger partial charge in [-0.1, -0.05) is 18.2 Å². The number of benzene rings is 3. The minimum atomic E-state index is -3.10. The number of nitrogens with one attached hydrogen (secondary N) is 2. The zero-order chi connectivity index (χ0) is 43.7. The number of rotatable bonds is 18. The van der Waals surface area contributed by atoms with Crippen molar-refractivity contribution >= 4 is 45.8 Å². The van der Waals surface area contributed by atoms with Crippen LogP contribution in [0.5, 0.6) is 23.0 Å². The zero-order valence-electron chi connectivity index (χ0n) is 34.5. The van der Waals surface area contributed by atoms with Crippen molar-refractivity contribution in [2.45, 2.75) is 88.3 Å². The second-order valence-electron chi connectivity index (χ2n) is 16.4. The minimum absolute atomic E-state index is 0.0259. The van der Waals surface area contributed by atoms with Crippen molar-refractivity contribution in [3.63, 3.8) is 0 Å². The van der Waals surface area contributed by atoms with Gasteiger partial charge in [-0.2, -0.15) is 8.78 Å². The molecule has 4 atom stereocenters. The van der Waals surface area contributed by atoms with Crippen LogP contribution in [0.15, 0.2) is 66.0 Å². The van der Waals surface area contributed by atoms with Gasteiger partial charge in [-0.05, 0) is 99.0 Å². The van der Waals surface area contributed by atoms with Crippen molar-refractivity contribution in [2.75, 3.05) is 44.0 Å². The molecule has 4 aliphatic rings. The van der Waals surface area contributed by atoms with Gasteiger partial charge >= 0.3 is 6.61 Å². The molecule has 4 fully saturated rings. The SMILES string of the molecule is CCOc1cc(C2CC(=O)N(C(C(=O)Nc3nc(C4CC4)cs3)C(C)(C(=O)Nc3cccc(F)c3)N3CC(c4ccc(OC)c(OCC5CC5)c4)CC3=O)C2)ccc1OC(F)F. The summed E-state index contributed by atoms with van der Waals surface area (Å²) >= 11 is 1.21. The highest BCUT2D eigenvalue weighted by molar-refractivity contribution is 7.14. The first kappa shape index (κ1) is 42.8. The van der Waals surface area contributed by atoms with Crippen molar-refractivity contribution in [1.82, 2.24) is 14.8 Å². The van der Waals surface area contributed by atoms with Crippen LogP contribution in [-0.4, -0.2) is 90.0 Å². The largest absolute Gasteiger partial charge is 0.493 e. The first-order chi connectivity index (χ1) is 29.8. The summed E-state index contributed by atoms with van der Waals surface area (Å²) < 4.78 is 63.1. The molecule has 3 heterocycles. The third kappa shape index (κ3) is 9.17. The maximum atomic E-state index is 15.1. The van der Waals surface area contributed by atoms with E-state index in [1.165, 1.54) is 58.4 Å². The van der Waals surface area contributed by atoms with E-state index in [0.29, 0.717) is 29.6 Å². The number of alkyl halides is 2. The van der Waals surface area contributed by atoms with E-state index in [1.54, 1.807) is 26.2 Å². The quantitative estimate of drug-likeness (QED) is 0.103. The van der Waals surface area contributed by atoms with Crippen molar-refractivity contribution in [3.8, 4) is 23.0 Å². The highest BCUT2D eigenvalue weighted by atomic mass is 32.1. The molecule has 13 nitrogen and oxygen atoms in total. The van der Waals surface area contributed by atoms with Gasteiger partial charge in [0, 0.05) is 54.8 Å². The van der Waals surface area contributed by atoms with E-state index in [-0.39, 0.29) is 60.8 Å². The molecule has 2 aliphatic carbocycles. The second-order valence-corrected chi connectivity index (χ2v) is 17.2. The van der Waals surface area contributed by atoms with E-state index < -0.39 is 59.5 Å². The van der Waals surface area contributed by atoms with E-state index in [9.17, 15) is 22.8 Å². The molecule has 328 valence electrons. The minimum Gasteiger partial charge on any atom is -0.493 e. The Balaban J connectivity index is 1.18. The normalized spacial score (nSPS) is 20.2. The molecule has 1 aromatic heterocycles. The zero-order valence-corrected chi connectivity index (χ0v) is 35.4. The van der Waals surface area contributed by atoms with Crippen LogP contribution in [0.2, 0.25) is 0 Å². The van der Waals surface area contributed by atoms with Crippen LogP contribution in [-0.2, 0) is 19.2 Å². The summed E-state index contributed by atoms with van der Waals surface area (Å²) in [6.07, 6.45) is 3.96.